The van der Waals surface area contributed by atoms with E-state index < -0.39 is 9.36 Å². The lowest BCUT2D eigenvalue weighted by atomic mass is 10.2. The molecule has 0 unspecified atom stereocenters. The van der Waals surface area contributed by atoms with Gasteiger partial charge in [-0.3, -0.25) is 0 Å². The number of nitrogens with zero attached hydrogens (tertiary/aromatic N) is 1. The first-order chi connectivity index (χ1) is 11.3. The summed E-state index contributed by atoms with van der Waals surface area (Å²) in [5, 5.41) is 0. The summed E-state index contributed by atoms with van der Waals surface area (Å²) in [6, 6.07) is 20.9. The average molecular weight is 330 g/mol. The first-order valence-electron chi connectivity index (χ1n) is 8.31. The second kappa shape index (κ2) is 10.2. The molecule has 0 radical (unpaired) electrons. The maximum atomic E-state index is 6.07. The molecular weight excluding hydrogens is 302 g/mol. The Kier molecular flexibility index (Phi) is 7.83. The molecule has 0 atom stereocenters. The maximum absolute atomic E-state index is 6.07. The van der Waals surface area contributed by atoms with E-state index in [0.29, 0.717) is 6.61 Å². The van der Waals surface area contributed by atoms with Crippen molar-refractivity contribution in [2.45, 2.75) is 13.8 Å². The molecule has 0 amide bonds. The molecule has 0 bridgehead atoms. The predicted molar refractivity (Wildman–Crippen MR) is 100 cm³/mol. The van der Waals surface area contributed by atoms with Crippen molar-refractivity contribution < 1.29 is 4.43 Å². The van der Waals surface area contributed by atoms with Crippen molar-refractivity contribution in [1.29, 1.82) is 0 Å². The Morgan fingerprint density at radius 3 is 1.74 bits per heavy atom. The number of nitrogens with one attached hydrogen (secondary N) is 2. The predicted octanol–water partition coefficient (Wildman–Crippen LogP) is 2.78. The van der Waals surface area contributed by atoms with Crippen LogP contribution in [0.4, 0.5) is 11.4 Å². The van der Waals surface area contributed by atoms with E-state index in [1.807, 2.05) is 12.1 Å². The number of rotatable bonds is 10. The van der Waals surface area contributed by atoms with Crippen LogP contribution >= 0.6 is 0 Å². The van der Waals surface area contributed by atoms with Crippen molar-refractivity contribution >= 4 is 20.7 Å². The molecule has 5 heteroatoms. The molecule has 2 aromatic carbocycles. The van der Waals surface area contributed by atoms with E-state index in [9.17, 15) is 0 Å². The third-order valence-corrected chi connectivity index (χ3v) is 5.64. The van der Waals surface area contributed by atoms with E-state index in [2.05, 4.69) is 77.2 Å². The van der Waals surface area contributed by atoms with Crippen LogP contribution in [0.2, 0.25) is 0 Å². The molecule has 0 aliphatic rings. The monoisotopic (exact) mass is 329 g/mol. The van der Waals surface area contributed by atoms with Crippen LogP contribution < -0.4 is 14.9 Å². The second-order valence-electron chi connectivity index (χ2n) is 5.19. The molecule has 0 aliphatic carbocycles. The molecule has 23 heavy (non-hydrogen) atoms. The zero-order valence-electron chi connectivity index (χ0n) is 14.0. The van der Waals surface area contributed by atoms with Gasteiger partial charge in [0.05, 0.1) is 6.61 Å². The molecule has 0 aromatic heterocycles. The number of hydrogen-bond donors (Lipinski definition) is 2. The van der Waals surface area contributed by atoms with Gasteiger partial charge in [0.1, 0.15) is 0 Å². The van der Waals surface area contributed by atoms with Crippen LogP contribution in [-0.4, -0.2) is 35.6 Å². The molecule has 0 saturated carbocycles. The van der Waals surface area contributed by atoms with Crippen LogP contribution in [-0.2, 0) is 4.43 Å². The number of para-hydroxylation sites is 2. The molecule has 0 fully saturated rings. The Balaban J connectivity index is 2.01. The smallest absolute Gasteiger partial charge is 0.335 e. The van der Waals surface area contributed by atoms with Crippen LogP contribution in [0.1, 0.15) is 13.8 Å². The lowest BCUT2D eigenvalue weighted by Crippen LogP contribution is -2.50. The van der Waals surface area contributed by atoms with Crippen molar-refractivity contribution in [3.63, 3.8) is 0 Å². The molecule has 0 heterocycles. The molecule has 2 N–H and O–H groups in total. The molecule has 0 saturated heterocycles. The molecular formula is C18H27N3OSi. The van der Waals surface area contributed by atoms with E-state index in [-0.39, 0.29) is 0 Å². The van der Waals surface area contributed by atoms with Crippen molar-refractivity contribution in [1.82, 2.24) is 9.96 Å². The Morgan fingerprint density at radius 2 is 1.30 bits per heavy atom. The highest BCUT2D eigenvalue weighted by Crippen LogP contribution is 2.24. The van der Waals surface area contributed by atoms with E-state index in [4.69, 9.17) is 4.43 Å². The Hall–Kier alpha value is -1.66. The number of hydrogen-bond acceptors (Lipinski definition) is 4. The lowest BCUT2D eigenvalue weighted by Gasteiger charge is -2.26. The van der Waals surface area contributed by atoms with Crippen LogP contribution in [0.25, 0.3) is 0 Å². The van der Waals surface area contributed by atoms with Crippen LogP contribution in [0.15, 0.2) is 60.7 Å². The summed E-state index contributed by atoms with van der Waals surface area (Å²) in [6.45, 7) is 7.62. The highest BCUT2D eigenvalue weighted by molar-refractivity contribution is 6.45. The van der Waals surface area contributed by atoms with Crippen LogP contribution in [0, 0.1) is 0 Å². The molecule has 2 rings (SSSR count). The Bertz CT molecular complexity index is 493. The molecule has 2 aromatic rings. The van der Waals surface area contributed by atoms with Crippen molar-refractivity contribution in [3.8, 4) is 0 Å². The first-order valence-corrected chi connectivity index (χ1v) is 9.93. The minimum atomic E-state index is -1.51. The third kappa shape index (κ3) is 5.80. The van der Waals surface area contributed by atoms with Gasteiger partial charge in [-0.15, -0.1) is 0 Å². The summed E-state index contributed by atoms with van der Waals surface area (Å²) in [5.41, 5.74) is 2.37. The van der Waals surface area contributed by atoms with Crippen LogP contribution in [0.3, 0.4) is 0 Å². The zero-order valence-corrected chi connectivity index (χ0v) is 15.2. The van der Waals surface area contributed by atoms with Crippen LogP contribution in [0.5, 0.6) is 0 Å². The van der Waals surface area contributed by atoms with Gasteiger partial charge in [0, 0.05) is 17.9 Å². The van der Waals surface area contributed by atoms with Gasteiger partial charge in [0.25, 0.3) is 0 Å². The first kappa shape index (κ1) is 17.7. The largest absolute Gasteiger partial charge is 0.392 e. The fraction of sp³-hybridized carbons (Fsp3) is 0.333. The quantitative estimate of drug-likeness (QED) is 0.657. The SMILES string of the molecule is CCN[SiH](NCC)OCCN(c1ccccc1)c1ccccc1. The topological polar surface area (TPSA) is 36.5 Å². The minimum Gasteiger partial charge on any atom is -0.392 e. The maximum Gasteiger partial charge on any atom is 0.335 e. The standard InChI is InChI=1S/C18H27N3OSi/c1-3-19-23(20-4-2)22-16-15-21(17-11-7-5-8-12-17)18-13-9-6-10-14-18/h5-14,19-20,23H,3-4,15-16H2,1-2H3. The fourth-order valence-electron chi connectivity index (χ4n) is 2.45. The van der Waals surface area contributed by atoms with Gasteiger partial charge in [-0.1, -0.05) is 50.2 Å². The summed E-state index contributed by atoms with van der Waals surface area (Å²) in [5.74, 6) is 0. The number of anilines is 2. The zero-order chi connectivity index (χ0) is 16.3. The van der Waals surface area contributed by atoms with Gasteiger partial charge in [-0.25, -0.2) is 0 Å². The van der Waals surface area contributed by atoms with E-state index in [0.717, 1.165) is 19.6 Å². The second-order valence-corrected chi connectivity index (χ2v) is 7.10. The minimum absolute atomic E-state index is 0.695. The van der Waals surface area contributed by atoms with E-state index in [1.54, 1.807) is 0 Å². The highest BCUT2D eigenvalue weighted by atomic mass is 28.3. The summed E-state index contributed by atoms with van der Waals surface area (Å²) >= 11 is 0. The van der Waals surface area contributed by atoms with Crippen molar-refractivity contribution in [3.05, 3.63) is 60.7 Å². The van der Waals surface area contributed by atoms with Crippen molar-refractivity contribution in [2.24, 2.45) is 0 Å². The number of benzene rings is 2. The third-order valence-electron chi connectivity index (χ3n) is 3.51. The van der Waals surface area contributed by atoms with E-state index in [1.165, 1.54) is 11.4 Å². The summed E-state index contributed by atoms with van der Waals surface area (Å²) < 4.78 is 6.07. The average Bonchev–Trinajstić information content (AvgIpc) is 2.60. The molecule has 124 valence electrons. The van der Waals surface area contributed by atoms with Gasteiger partial charge < -0.3 is 19.3 Å². The highest BCUT2D eigenvalue weighted by Gasteiger charge is 2.12. The van der Waals surface area contributed by atoms with E-state index >= 15 is 0 Å². The normalized spacial score (nSPS) is 10.9. The van der Waals surface area contributed by atoms with Gasteiger partial charge in [-0.2, -0.15) is 0 Å². The summed E-state index contributed by atoms with van der Waals surface area (Å²) in [4.78, 5) is 9.14. The Morgan fingerprint density at radius 1 is 0.826 bits per heavy atom. The molecule has 0 spiro atoms. The summed E-state index contributed by atoms with van der Waals surface area (Å²) in [7, 11) is -1.51. The molecule has 4 nitrogen and oxygen atoms in total. The fourth-order valence-corrected chi connectivity index (χ4v) is 3.91. The Labute approximate surface area is 141 Å². The van der Waals surface area contributed by atoms with Crippen molar-refractivity contribution in [2.75, 3.05) is 31.1 Å². The summed E-state index contributed by atoms with van der Waals surface area (Å²) in [6.07, 6.45) is 0. The van der Waals surface area contributed by atoms with Gasteiger partial charge in [-0.05, 0) is 37.4 Å². The lowest BCUT2D eigenvalue weighted by molar-refractivity contribution is 0.313. The van der Waals surface area contributed by atoms with Gasteiger partial charge in [0.15, 0.2) is 0 Å². The van der Waals surface area contributed by atoms with Gasteiger partial charge >= 0.3 is 9.36 Å². The van der Waals surface area contributed by atoms with Gasteiger partial charge in [0.2, 0.25) is 0 Å². The molecule has 0 aliphatic heterocycles.